The molecule has 0 bridgehead atoms. The Morgan fingerprint density at radius 1 is 0.946 bits per heavy atom. The van der Waals surface area contributed by atoms with Gasteiger partial charge in [0.25, 0.3) is 5.56 Å². The van der Waals surface area contributed by atoms with Crippen LogP contribution in [-0.2, 0) is 12.7 Å². The second-order valence-electron chi connectivity index (χ2n) is 8.66. The summed E-state index contributed by atoms with van der Waals surface area (Å²) < 4.78 is 63.8. The van der Waals surface area contributed by atoms with Crippen molar-refractivity contribution in [2.24, 2.45) is 5.73 Å². The first kappa shape index (κ1) is 24.5. The molecule has 0 spiro atoms. The minimum absolute atomic E-state index is 0.136. The van der Waals surface area contributed by atoms with Gasteiger partial charge in [-0.2, -0.15) is 13.2 Å². The molecule has 0 saturated carbocycles. The third-order valence-electron chi connectivity index (χ3n) is 6.39. The predicted molar refractivity (Wildman–Crippen MR) is 129 cm³/mol. The summed E-state index contributed by atoms with van der Waals surface area (Å²) in [6.45, 7) is -0.630. The maximum Gasteiger partial charge on any atom is 0.416 e. The molecule has 1 aromatic heterocycles. The second kappa shape index (κ2) is 9.36. The number of hydrogen-bond donors (Lipinski definition) is 1. The summed E-state index contributed by atoms with van der Waals surface area (Å²) >= 11 is 0. The summed E-state index contributed by atoms with van der Waals surface area (Å²) in [5, 5.41) is 0. The second-order valence-corrected chi connectivity index (χ2v) is 8.66. The van der Waals surface area contributed by atoms with Crippen molar-refractivity contribution in [2.45, 2.75) is 24.8 Å². The fraction of sp³-hybridized carbons (Fsp3) is 0.185. The van der Waals surface area contributed by atoms with E-state index in [0.717, 1.165) is 21.3 Å². The van der Waals surface area contributed by atoms with Gasteiger partial charge in [0.1, 0.15) is 24.0 Å². The molecule has 2 unspecified atom stereocenters. The zero-order valence-corrected chi connectivity index (χ0v) is 19.3. The molecule has 190 valence electrons. The molecule has 2 atom stereocenters. The average Bonchev–Trinajstić information content (AvgIpc) is 3.32. The number of rotatable bonds is 5. The van der Waals surface area contributed by atoms with Crippen LogP contribution in [0.25, 0.3) is 11.1 Å². The molecule has 0 aliphatic carbocycles. The zero-order chi connectivity index (χ0) is 26.3. The highest BCUT2D eigenvalue weighted by molar-refractivity contribution is 5.69. The van der Waals surface area contributed by atoms with E-state index in [2.05, 4.69) is 0 Å². The highest BCUT2D eigenvalue weighted by atomic mass is 19.4. The van der Waals surface area contributed by atoms with E-state index in [1.807, 2.05) is 0 Å². The fourth-order valence-electron chi connectivity index (χ4n) is 4.63. The fourth-order valence-corrected chi connectivity index (χ4v) is 4.63. The van der Waals surface area contributed by atoms with Gasteiger partial charge in [0.15, 0.2) is 0 Å². The lowest BCUT2D eigenvalue weighted by Crippen LogP contribution is -2.43. The van der Waals surface area contributed by atoms with E-state index in [4.69, 9.17) is 10.5 Å². The lowest BCUT2D eigenvalue weighted by atomic mass is 10.00. The molecule has 5 rings (SSSR count). The molecule has 0 fully saturated rings. The Bertz CT molecular complexity index is 1580. The van der Waals surface area contributed by atoms with Crippen molar-refractivity contribution < 1.29 is 22.3 Å². The van der Waals surface area contributed by atoms with Crippen LogP contribution in [0.2, 0.25) is 0 Å². The van der Waals surface area contributed by atoms with E-state index in [1.54, 1.807) is 30.3 Å². The lowest BCUT2D eigenvalue weighted by Gasteiger charge is -2.21. The Morgan fingerprint density at radius 3 is 2.30 bits per heavy atom. The monoisotopic (exact) mass is 511 g/mol. The molecule has 0 radical (unpaired) electrons. The SMILES string of the molecule is NC(Cn1c(=O)c(-c2ccccc2F)c2n(c1=O)C(c1ccccc1C(F)(F)F)CO2)c1ccccc1. The Morgan fingerprint density at radius 2 is 1.59 bits per heavy atom. The number of ether oxygens (including phenoxy) is 1. The Balaban J connectivity index is 1.76. The van der Waals surface area contributed by atoms with E-state index in [1.165, 1.54) is 36.4 Å². The van der Waals surface area contributed by atoms with Crippen LogP contribution in [0.4, 0.5) is 17.6 Å². The van der Waals surface area contributed by atoms with Crippen LogP contribution < -0.4 is 21.7 Å². The molecule has 3 aromatic carbocycles. The summed E-state index contributed by atoms with van der Waals surface area (Å²) in [5.74, 6) is -1.03. The standard InChI is InChI=1S/C27H21F4N3O3/c28-20-13-7-5-11-18(20)23-24(35)33(14-21(32)16-8-2-1-3-9-16)26(36)34-22(15-37-25(23)34)17-10-4-6-12-19(17)27(29,30)31/h1-13,21-22H,14-15,32H2. The summed E-state index contributed by atoms with van der Waals surface area (Å²) in [6, 6.07) is 17.0. The first-order chi connectivity index (χ1) is 17.7. The minimum Gasteiger partial charge on any atom is -0.476 e. The number of aromatic nitrogens is 2. The number of alkyl halides is 3. The Hall–Kier alpha value is -4.18. The first-order valence-corrected chi connectivity index (χ1v) is 11.4. The van der Waals surface area contributed by atoms with Crippen molar-refractivity contribution in [2.75, 3.05) is 6.61 Å². The smallest absolute Gasteiger partial charge is 0.416 e. The van der Waals surface area contributed by atoms with Gasteiger partial charge < -0.3 is 10.5 Å². The largest absolute Gasteiger partial charge is 0.476 e. The van der Waals surface area contributed by atoms with Gasteiger partial charge in [0.05, 0.1) is 12.1 Å². The Labute approximate surface area is 208 Å². The van der Waals surface area contributed by atoms with Crippen molar-refractivity contribution in [3.8, 4) is 17.0 Å². The van der Waals surface area contributed by atoms with Crippen molar-refractivity contribution in [1.29, 1.82) is 0 Å². The molecule has 2 N–H and O–H groups in total. The third-order valence-corrected chi connectivity index (χ3v) is 6.39. The molecule has 4 aromatic rings. The van der Waals surface area contributed by atoms with Gasteiger partial charge in [-0.15, -0.1) is 0 Å². The molecule has 2 heterocycles. The Kier molecular flexibility index (Phi) is 6.20. The zero-order valence-electron chi connectivity index (χ0n) is 19.3. The molecule has 1 aliphatic heterocycles. The molecule has 0 saturated heterocycles. The van der Waals surface area contributed by atoms with E-state index in [0.29, 0.717) is 5.56 Å². The molecule has 10 heteroatoms. The molecule has 6 nitrogen and oxygen atoms in total. The molecular weight excluding hydrogens is 490 g/mol. The maximum absolute atomic E-state index is 14.9. The number of halogens is 4. The van der Waals surface area contributed by atoms with Crippen LogP contribution >= 0.6 is 0 Å². The number of fused-ring (bicyclic) bond motifs is 1. The number of benzene rings is 3. The molecular formula is C27H21F4N3O3. The van der Waals surface area contributed by atoms with Crippen LogP contribution in [0, 0.1) is 5.82 Å². The lowest BCUT2D eigenvalue weighted by molar-refractivity contribution is -0.138. The summed E-state index contributed by atoms with van der Waals surface area (Å²) in [5.41, 5.74) is 3.66. The summed E-state index contributed by atoms with van der Waals surface area (Å²) in [6.07, 6.45) is -4.69. The topological polar surface area (TPSA) is 79.2 Å². The molecule has 1 aliphatic rings. The van der Waals surface area contributed by atoms with E-state index in [9.17, 15) is 27.2 Å². The quantitative estimate of drug-likeness (QED) is 0.400. The third kappa shape index (κ3) is 4.33. The van der Waals surface area contributed by atoms with Crippen LogP contribution in [0.3, 0.4) is 0 Å². The van der Waals surface area contributed by atoms with E-state index < -0.39 is 40.9 Å². The molecule has 37 heavy (non-hydrogen) atoms. The van der Waals surface area contributed by atoms with Crippen LogP contribution in [-0.4, -0.2) is 15.7 Å². The van der Waals surface area contributed by atoms with Crippen molar-refractivity contribution in [3.05, 3.63) is 122 Å². The van der Waals surface area contributed by atoms with Crippen molar-refractivity contribution >= 4 is 0 Å². The number of hydrogen-bond acceptors (Lipinski definition) is 4. The van der Waals surface area contributed by atoms with Crippen LogP contribution in [0.1, 0.15) is 28.8 Å². The summed E-state index contributed by atoms with van der Waals surface area (Å²) in [7, 11) is 0. The van der Waals surface area contributed by atoms with Crippen LogP contribution in [0.15, 0.2) is 88.5 Å². The van der Waals surface area contributed by atoms with Gasteiger partial charge in [-0.3, -0.25) is 13.9 Å². The van der Waals surface area contributed by atoms with Gasteiger partial charge in [0.2, 0.25) is 5.88 Å². The molecule has 0 amide bonds. The van der Waals surface area contributed by atoms with Crippen LogP contribution in [0.5, 0.6) is 5.88 Å². The van der Waals surface area contributed by atoms with Crippen molar-refractivity contribution in [3.63, 3.8) is 0 Å². The predicted octanol–water partition coefficient (Wildman–Crippen LogP) is 4.52. The highest BCUT2D eigenvalue weighted by Gasteiger charge is 2.40. The number of nitrogens with zero attached hydrogens (tertiary/aromatic N) is 2. The van der Waals surface area contributed by atoms with Gasteiger partial charge >= 0.3 is 11.9 Å². The maximum atomic E-state index is 14.9. The van der Waals surface area contributed by atoms with Gasteiger partial charge in [-0.1, -0.05) is 66.7 Å². The van der Waals surface area contributed by atoms with E-state index in [-0.39, 0.29) is 35.7 Å². The highest BCUT2D eigenvalue weighted by Crippen LogP contribution is 2.40. The van der Waals surface area contributed by atoms with Gasteiger partial charge in [-0.05, 0) is 23.3 Å². The van der Waals surface area contributed by atoms with Crippen molar-refractivity contribution in [1.82, 2.24) is 9.13 Å². The minimum atomic E-state index is -4.69. The number of nitrogens with two attached hydrogens (primary N) is 1. The van der Waals surface area contributed by atoms with E-state index >= 15 is 0 Å². The van der Waals surface area contributed by atoms with Gasteiger partial charge in [0, 0.05) is 11.6 Å². The summed E-state index contributed by atoms with van der Waals surface area (Å²) in [4.78, 5) is 27.3. The normalized spacial score (nSPS) is 15.8. The average molecular weight is 511 g/mol. The van der Waals surface area contributed by atoms with Gasteiger partial charge in [-0.25, -0.2) is 9.18 Å². The first-order valence-electron chi connectivity index (χ1n) is 11.4.